The lowest BCUT2D eigenvalue weighted by Crippen LogP contribution is -2.39. The van der Waals surface area contributed by atoms with Crippen molar-refractivity contribution in [3.63, 3.8) is 0 Å². The molecule has 1 aromatic rings. The van der Waals surface area contributed by atoms with E-state index in [0.29, 0.717) is 97.4 Å². The molecule has 0 saturated heterocycles. The van der Waals surface area contributed by atoms with Crippen molar-refractivity contribution in [2.24, 2.45) is 5.92 Å². The fourth-order valence-corrected chi connectivity index (χ4v) is 7.70. The Morgan fingerprint density at radius 2 is 1.08 bits per heavy atom. The Balaban J connectivity index is 0.00000146. The number of H-pyrrole nitrogens is 1. The van der Waals surface area contributed by atoms with Gasteiger partial charge in [-0.25, -0.2) is 4.98 Å². The number of aryl methyl sites for hydroxylation is 1. The number of Topliss-reactive ketones (excluding diaryl/α,β-unsaturated/α-hetero) is 3. The summed E-state index contributed by atoms with van der Waals surface area (Å²) >= 11 is 0. The van der Waals surface area contributed by atoms with Crippen LogP contribution in [-0.4, -0.2) is 151 Å². The minimum Gasteiger partial charge on any atom is -0.481 e. The van der Waals surface area contributed by atoms with Crippen molar-refractivity contribution >= 4 is 47.1 Å². The maximum atomic E-state index is 12.1. The molecule has 1 unspecified atom stereocenters. The van der Waals surface area contributed by atoms with Crippen LogP contribution in [0.2, 0.25) is 0 Å². The minimum absolute atomic E-state index is 0.000624. The first-order valence-corrected chi connectivity index (χ1v) is 27.5. The van der Waals surface area contributed by atoms with Gasteiger partial charge in [-0.05, 0) is 44.9 Å². The maximum absolute atomic E-state index is 12.1. The molecule has 0 spiro atoms. The summed E-state index contributed by atoms with van der Waals surface area (Å²) in [5, 5.41) is 35.2. The normalized spacial score (nSPS) is 11.8. The van der Waals surface area contributed by atoms with Gasteiger partial charge in [0.05, 0.1) is 51.8 Å². The molecule has 20 nitrogen and oxygen atoms in total. The van der Waals surface area contributed by atoms with E-state index < -0.39 is 29.9 Å². The zero-order chi connectivity index (χ0) is 54.7. The lowest BCUT2D eigenvalue weighted by molar-refractivity contribution is -0.144. The monoisotopic (exact) mass is 1050 g/mol. The van der Waals surface area contributed by atoms with Gasteiger partial charge in [0.25, 0.3) is 0 Å². The van der Waals surface area contributed by atoms with Crippen LogP contribution >= 0.6 is 0 Å². The number of hydrogen-bond donors (Lipinski definition) is 7. The average Bonchev–Trinajstić information content (AvgIpc) is 3.90. The molecule has 0 aliphatic heterocycles. The quantitative estimate of drug-likeness (QED) is 0.0314. The van der Waals surface area contributed by atoms with Gasteiger partial charge < -0.3 is 49.9 Å². The molecule has 426 valence electrons. The van der Waals surface area contributed by atoms with E-state index in [1.54, 1.807) is 12.5 Å². The Bertz CT molecular complexity index is 1610. The molecule has 0 saturated carbocycles. The number of ether oxygens (including phenoxy) is 4. The van der Waals surface area contributed by atoms with Crippen LogP contribution in [0.15, 0.2) is 12.5 Å². The number of hydrogen-bond acceptors (Lipinski definition) is 14. The number of nitrogens with zero attached hydrogens (tertiary/aromatic N) is 1. The molecule has 0 aliphatic carbocycles. The summed E-state index contributed by atoms with van der Waals surface area (Å²) < 4.78 is 21.1. The molecule has 20 heteroatoms. The van der Waals surface area contributed by atoms with E-state index in [2.05, 4.69) is 25.9 Å². The summed E-state index contributed by atoms with van der Waals surface area (Å²) in [6.07, 6.45) is 27.5. The van der Waals surface area contributed by atoms with Crippen LogP contribution in [0.4, 0.5) is 0 Å². The summed E-state index contributed by atoms with van der Waals surface area (Å²) in [6.45, 7) is 4.79. The molecule has 0 bridgehead atoms. The number of aromatic nitrogens is 2. The van der Waals surface area contributed by atoms with Crippen LogP contribution in [0.25, 0.3) is 0 Å². The lowest BCUT2D eigenvalue weighted by Gasteiger charge is -2.13. The number of nitrogens with one attached hydrogen (secondary N) is 4. The summed E-state index contributed by atoms with van der Waals surface area (Å²) in [5.41, 5.74) is 0.862. The molecule has 0 aromatic carbocycles. The van der Waals surface area contributed by atoms with Crippen LogP contribution in [0.1, 0.15) is 192 Å². The van der Waals surface area contributed by atoms with Gasteiger partial charge in [0.2, 0.25) is 11.8 Å². The van der Waals surface area contributed by atoms with Crippen LogP contribution in [0.3, 0.4) is 0 Å². The fourth-order valence-electron chi connectivity index (χ4n) is 7.70. The number of carboxylic acid groups (broad SMARTS) is 3. The second-order valence-electron chi connectivity index (χ2n) is 18.7. The van der Waals surface area contributed by atoms with E-state index in [0.717, 1.165) is 50.6 Å². The highest BCUT2D eigenvalue weighted by Gasteiger charge is 2.22. The molecule has 2 amide bonds. The standard InChI is InChI=1S/C27H46N4O9.C27H49NO6/c1-2-11-37-13-16-40-20-26(34)29-10-12-38-14-15-39-19-24(33)6-4-3-5-7-25(27(35)36)30-18-23(32)9-8-22-17-28-21-31-22;1-28-25(30)21-20-23(27(33)34)22-24(29)18-16-14-12-10-8-6-4-2-3-5-7-9-11-13-15-17-19-26(31)32/h17,21,25,30H,2-16,18-20H2,1H3,(H,28,31)(H,29,34)(H,35,36);23H,2-22H2,1H3,(H,28,30)(H,31,32)(H,33,34)/t25-;/m0./s1. The summed E-state index contributed by atoms with van der Waals surface area (Å²) in [5.74, 6) is -3.96. The Hall–Kier alpha value is -4.63. The first kappa shape index (κ1) is 69.4. The van der Waals surface area contributed by atoms with Gasteiger partial charge in [0, 0.05) is 70.6 Å². The molecule has 0 radical (unpaired) electrons. The first-order valence-electron chi connectivity index (χ1n) is 27.5. The van der Waals surface area contributed by atoms with Gasteiger partial charge in [0.1, 0.15) is 30.8 Å². The number of ketones is 3. The van der Waals surface area contributed by atoms with Crippen LogP contribution in [0, 0.1) is 5.92 Å². The van der Waals surface area contributed by atoms with Crippen LogP contribution < -0.4 is 16.0 Å². The molecule has 0 aliphatic rings. The van der Waals surface area contributed by atoms with Crippen molar-refractivity contribution in [2.45, 2.75) is 199 Å². The van der Waals surface area contributed by atoms with Gasteiger partial charge in [-0.3, -0.25) is 43.7 Å². The third-order valence-electron chi connectivity index (χ3n) is 12.1. The Morgan fingerprint density at radius 1 is 0.554 bits per heavy atom. The van der Waals surface area contributed by atoms with Gasteiger partial charge >= 0.3 is 17.9 Å². The predicted octanol–water partition coefficient (Wildman–Crippen LogP) is 7.35. The molecule has 7 N–H and O–H groups in total. The number of carbonyl (C=O) groups excluding carboxylic acids is 5. The smallest absolute Gasteiger partial charge is 0.320 e. The minimum atomic E-state index is -0.998. The number of rotatable bonds is 53. The van der Waals surface area contributed by atoms with Crippen molar-refractivity contribution < 1.29 is 72.6 Å². The van der Waals surface area contributed by atoms with Crippen molar-refractivity contribution in [3.05, 3.63) is 18.2 Å². The number of aromatic amines is 1. The zero-order valence-corrected chi connectivity index (χ0v) is 45.1. The predicted molar refractivity (Wildman–Crippen MR) is 281 cm³/mol. The van der Waals surface area contributed by atoms with E-state index >= 15 is 0 Å². The largest absolute Gasteiger partial charge is 0.481 e. The fraction of sp³-hybridized carbons (Fsp3) is 0.796. The van der Waals surface area contributed by atoms with Crippen molar-refractivity contribution in [1.82, 2.24) is 25.9 Å². The van der Waals surface area contributed by atoms with E-state index in [4.69, 9.17) is 24.1 Å². The summed E-state index contributed by atoms with van der Waals surface area (Å²) in [6, 6.07) is -0.799. The second-order valence-corrected chi connectivity index (χ2v) is 18.7. The third-order valence-corrected chi connectivity index (χ3v) is 12.1. The number of carboxylic acids is 3. The number of carbonyl (C=O) groups is 8. The molecule has 1 rings (SSSR count). The zero-order valence-electron chi connectivity index (χ0n) is 45.1. The number of imidazole rings is 1. The van der Waals surface area contributed by atoms with Crippen molar-refractivity contribution in [2.75, 3.05) is 73.0 Å². The highest BCUT2D eigenvalue weighted by Crippen LogP contribution is 2.17. The summed E-state index contributed by atoms with van der Waals surface area (Å²) in [4.78, 5) is 98.9. The van der Waals surface area contributed by atoms with Crippen molar-refractivity contribution in [3.8, 4) is 0 Å². The Morgan fingerprint density at radius 3 is 1.61 bits per heavy atom. The Labute approximate surface area is 440 Å². The molecular formula is C54H95N5O15. The molecule has 74 heavy (non-hydrogen) atoms. The van der Waals surface area contributed by atoms with E-state index in [1.807, 2.05) is 6.92 Å². The highest BCUT2D eigenvalue weighted by molar-refractivity contribution is 5.84. The van der Waals surface area contributed by atoms with E-state index in [1.165, 1.54) is 71.3 Å². The lowest BCUT2D eigenvalue weighted by atomic mass is 9.94. The van der Waals surface area contributed by atoms with Gasteiger partial charge in [-0.1, -0.05) is 110 Å². The number of amides is 2. The van der Waals surface area contributed by atoms with E-state index in [-0.39, 0.29) is 74.8 Å². The topological polar surface area (TPSA) is 299 Å². The van der Waals surface area contributed by atoms with E-state index in [9.17, 15) is 48.6 Å². The molecule has 0 fully saturated rings. The highest BCUT2D eigenvalue weighted by atomic mass is 16.5. The number of unbranched alkanes of at least 4 members (excludes halogenated alkanes) is 17. The first-order chi connectivity index (χ1) is 35.8. The Kier molecular flexibility index (Phi) is 47.4. The molecular weight excluding hydrogens is 959 g/mol. The molecule has 1 heterocycles. The molecule has 1 aromatic heterocycles. The molecule has 2 atom stereocenters. The van der Waals surface area contributed by atoms with Gasteiger partial charge in [-0.15, -0.1) is 0 Å². The third kappa shape index (κ3) is 47.1. The van der Waals surface area contributed by atoms with Crippen molar-refractivity contribution in [1.29, 1.82) is 0 Å². The second kappa shape index (κ2) is 50.5. The van der Waals surface area contributed by atoms with Crippen LogP contribution in [0.5, 0.6) is 0 Å². The maximum Gasteiger partial charge on any atom is 0.320 e. The average molecular weight is 1050 g/mol. The summed E-state index contributed by atoms with van der Waals surface area (Å²) in [7, 11) is 1.52. The number of aliphatic carboxylic acids is 3. The van der Waals surface area contributed by atoms with Gasteiger partial charge in [-0.2, -0.15) is 0 Å². The van der Waals surface area contributed by atoms with Crippen LogP contribution in [-0.2, 0) is 63.7 Å². The van der Waals surface area contributed by atoms with Gasteiger partial charge in [0.15, 0.2) is 5.78 Å². The SMILES string of the molecule is CCCOCCOCC(=O)NCCOCCOCC(=O)CCCCC[C@H](NCC(=O)CCc1cnc[nH]1)C(=O)O.CNC(=O)CCC(CC(=O)CCCCCCCCCCCCCCCCCCC(=O)O)C(=O)O.